The molecule has 2 N–H and O–H groups in total. The average Bonchev–Trinajstić information content (AvgIpc) is 2.97. The molecule has 5 nitrogen and oxygen atoms in total. The van der Waals surface area contributed by atoms with E-state index >= 15 is 0 Å². The highest BCUT2D eigenvalue weighted by molar-refractivity contribution is 7.16. The Labute approximate surface area is 101 Å². The molecule has 2 aromatic heterocycles. The number of aromatic nitrogens is 3. The fourth-order valence-electron chi connectivity index (χ4n) is 1.52. The first-order valence-corrected chi connectivity index (χ1v) is 5.85. The van der Waals surface area contributed by atoms with E-state index in [9.17, 15) is 4.79 Å². The van der Waals surface area contributed by atoms with Crippen molar-refractivity contribution in [2.24, 2.45) is 0 Å². The highest BCUT2D eigenvalue weighted by atomic mass is 32.1. The Morgan fingerprint density at radius 3 is 3.12 bits per heavy atom. The zero-order chi connectivity index (χ0) is 11.7. The number of rotatable bonds is 2. The third-order valence-corrected chi connectivity index (χ3v) is 3.15. The summed E-state index contributed by atoms with van der Waals surface area (Å²) in [4.78, 5) is 16.1. The topological polar surface area (TPSA) is 70.7 Å². The molecule has 0 saturated heterocycles. The predicted molar refractivity (Wildman–Crippen MR) is 66.2 cm³/mol. The molecule has 0 spiro atoms. The van der Waals surface area contributed by atoms with Crippen LogP contribution in [0.4, 0.5) is 5.82 Å². The van der Waals surface area contributed by atoms with Crippen molar-refractivity contribution in [3.63, 3.8) is 0 Å². The largest absolute Gasteiger partial charge is 0.307 e. The van der Waals surface area contributed by atoms with Crippen LogP contribution in [-0.2, 0) is 0 Å². The molecule has 0 saturated carbocycles. The maximum atomic E-state index is 11.9. The molecule has 0 unspecified atom stereocenters. The van der Waals surface area contributed by atoms with Crippen LogP contribution in [0.5, 0.6) is 0 Å². The van der Waals surface area contributed by atoms with Crippen molar-refractivity contribution in [1.29, 1.82) is 0 Å². The summed E-state index contributed by atoms with van der Waals surface area (Å²) in [5.41, 5.74) is 3.19. The molecule has 0 aliphatic heterocycles. The minimum Gasteiger partial charge on any atom is -0.307 e. The summed E-state index contributed by atoms with van der Waals surface area (Å²) in [6.07, 6.45) is 1.58. The molecule has 17 heavy (non-hydrogen) atoms. The van der Waals surface area contributed by atoms with Crippen LogP contribution in [0.3, 0.4) is 0 Å². The van der Waals surface area contributed by atoms with Gasteiger partial charge >= 0.3 is 0 Å². The van der Waals surface area contributed by atoms with Crippen LogP contribution in [-0.4, -0.2) is 21.1 Å². The van der Waals surface area contributed by atoms with Crippen molar-refractivity contribution < 1.29 is 4.79 Å². The lowest BCUT2D eigenvalue weighted by Gasteiger charge is -2.01. The van der Waals surface area contributed by atoms with Gasteiger partial charge in [0.15, 0.2) is 0 Å². The summed E-state index contributed by atoms with van der Waals surface area (Å²) >= 11 is 1.55. The zero-order valence-corrected chi connectivity index (χ0v) is 9.49. The molecule has 0 bridgehead atoms. The predicted octanol–water partition coefficient (Wildman–Crippen LogP) is 2.27. The number of hydrogen-bond acceptors (Lipinski definition) is 4. The fourth-order valence-corrected chi connectivity index (χ4v) is 2.18. The van der Waals surface area contributed by atoms with Gasteiger partial charge < -0.3 is 5.32 Å². The van der Waals surface area contributed by atoms with E-state index in [1.54, 1.807) is 41.2 Å². The highest BCUT2D eigenvalue weighted by Crippen LogP contribution is 2.19. The fraction of sp³-hybridized carbons (Fsp3) is 0. The van der Waals surface area contributed by atoms with Gasteiger partial charge in [0.05, 0.1) is 21.9 Å². The number of nitrogens with one attached hydrogen (secondary N) is 2. The molecule has 3 rings (SSSR count). The van der Waals surface area contributed by atoms with E-state index in [0.29, 0.717) is 11.4 Å². The molecule has 6 heteroatoms. The van der Waals surface area contributed by atoms with Crippen LogP contribution < -0.4 is 5.32 Å². The molecule has 2 heterocycles. The summed E-state index contributed by atoms with van der Waals surface area (Å²) in [7, 11) is 0. The third kappa shape index (κ3) is 1.90. The van der Waals surface area contributed by atoms with Crippen LogP contribution in [0.1, 0.15) is 10.4 Å². The third-order valence-electron chi connectivity index (χ3n) is 2.34. The van der Waals surface area contributed by atoms with E-state index in [4.69, 9.17) is 0 Å². The second kappa shape index (κ2) is 3.99. The zero-order valence-electron chi connectivity index (χ0n) is 8.68. The SMILES string of the molecule is O=C(Nc1ccn[nH]1)c1ccc2scnc2c1. The number of benzene rings is 1. The Balaban J connectivity index is 1.90. The molecule has 84 valence electrons. The number of aromatic amines is 1. The van der Waals surface area contributed by atoms with Crippen molar-refractivity contribution >= 4 is 33.3 Å². The van der Waals surface area contributed by atoms with E-state index in [-0.39, 0.29) is 5.91 Å². The van der Waals surface area contributed by atoms with E-state index in [2.05, 4.69) is 20.5 Å². The van der Waals surface area contributed by atoms with Gasteiger partial charge in [-0.1, -0.05) is 0 Å². The first-order valence-electron chi connectivity index (χ1n) is 4.97. The molecular formula is C11H8N4OS. The van der Waals surface area contributed by atoms with Crippen LogP contribution in [0.25, 0.3) is 10.2 Å². The van der Waals surface area contributed by atoms with Crippen LogP contribution in [0, 0.1) is 0 Å². The van der Waals surface area contributed by atoms with Crippen molar-refractivity contribution in [3.8, 4) is 0 Å². The number of hydrogen-bond donors (Lipinski definition) is 2. The second-order valence-electron chi connectivity index (χ2n) is 3.46. The molecule has 0 aliphatic rings. The standard InChI is InChI=1S/C11H8N4OS/c16-11(14-10-3-4-13-15-10)7-1-2-9-8(5-7)12-6-17-9/h1-6H,(H2,13,14,15,16). The number of amides is 1. The number of carbonyl (C=O) groups excluding carboxylic acids is 1. The van der Waals surface area contributed by atoms with Crippen molar-refractivity contribution in [2.45, 2.75) is 0 Å². The van der Waals surface area contributed by atoms with E-state index in [0.717, 1.165) is 10.2 Å². The molecular weight excluding hydrogens is 236 g/mol. The van der Waals surface area contributed by atoms with Gasteiger partial charge in [-0.2, -0.15) is 5.10 Å². The Morgan fingerprint density at radius 2 is 2.29 bits per heavy atom. The number of anilines is 1. The van der Waals surface area contributed by atoms with Gasteiger partial charge in [0.1, 0.15) is 5.82 Å². The van der Waals surface area contributed by atoms with Crippen LogP contribution in [0.2, 0.25) is 0 Å². The summed E-state index contributed by atoms with van der Waals surface area (Å²) in [6, 6.07) is 7.15. The lowest BCUT2D eigenvalue weighted by atomic mass is 10.2. The Bertz CT molecular complexity index is 659. The van der Waals surface area contributed by atoms with Gasteiger partial charge in [0.2, 0.25) is 0 Å². The van der Waals surface area contributed by atoms with Crippen LogP contribution >= 0.6 is 11.3 Å². The van der Waals surface area contributed by atoms with Gasteiger partial charge in [-0.25, -0.2) is 4.98 Å². The maximum absolute atomic E-state index is 11.9. The first-order chi connectivity index (χ1) is 8.33. The number of carbonyl (C=O) groups is 1. The summed E-state index contributed by atoms with van der Waals surface area (Å²) < 4.78 is 1.07. The minimum absolute atomic E-state index is 0.177. The van der Waals surface area contributed by atoms with Gasteiger partial charge in [-0.05, 0) is 18.2 Å². The molecule has 0 atom stereocenters. The molecule has 1 aromatic carbocycles. The molecule has 0 fully saturated rings. The van der Waals surface area contributed by atoms with E-state index in [1.807, 2.05) is 6.07 Å². The Kier molecular flexibility index (Phi) is 2.34. The Morgan fingerprint density at radius 1 is 1.35 bits per heavy atom. The first kappa shape index (κ1) is 9.98. The van der Waals surface area contributed by atoms with Crippen molar-refractivity contribution in [3.05, 3.63) is 41.5 Å². The van der Waals surface area contributed by atoms with Crippen molar-refractivity contribution in [2.75, 3.05) is 5.32 Å². The monoisotopic (exact) mass is 244 g/mol. The maximum Gasteiger partial charge on any atom is 0.256 e. The van der Waals surface area contributed by atoms with Gasteiger partial charge in [-0.15, -0.1) is 11.3 Å². The van der Waals surface area contributed by atoms with E-state index in [1.165, 1.54) is 0 Å². The summed E-state index contributed by atoms with van der Waals surface area (Å²) in [5, 5.41) is 9.15. The number of thiazole rings is 1. The number of nitrogens with zero attached hydrogens (tertiary/aromatic N) is 2. The second-order valence-corrected chi connectivity index (χ2v) is 4.35. The molecule has 3 aromatic rings. The summed E-state index contributed by atoms with van der Waals surface area (Å²) in [5.74, 6) is 0.400. The van der Waals surface area contributed by atoms with E-state index < -0.39 is 0 Å². The minimum atomic E-state index is -0.177. The quantitative estimate of drug-likeness (QED) is 0.726. The molecule has 1 amide bonds. The number of fused-ring (bicyclic) bond motifs is 1. The van der Waals surface area contributed by atoms with Gasteiger partial charge in [0, 0.05) is 11.6 Å². The average molecular weight is 244 g/mol. The molecule has 0 radical (unpaired) electrons. The van der Waals surface area contributed by atoms with Crippen LogP contribution in [0.15, 0.2) is 36.0 Å². The molecule has 0 aliphatic carbocycles. The Hall–Kier alpha value is -2.21. The smallest absolute Gasteiger partial charge is 0.256 e. The lowest BCUT2D eigenvalue weighted by molar-refractivity contribution is 0.102. The summed E-state index contributed by atoms with van der Waals surface area (Å²) in [6.45, 7) is 0. The number of H-pyrrole nitrogens is 1. The van der Waals surface area contributed by atoms with Crippen molar-refractivity contribution in [1.82, 2.24) is 15.2 Å². The lowest BCUT2D eigenvalue weighted by Crippen LogP contribution is -2.11. The highest BCUT2D eigenvalue weighted by Gasteiger charge is 2.08. The normalized spacial score (nSPS) is 10.6. The van der Waals surface area contributed by atoms with Gasteiger partial charge in [-0.3, -0.25) is 9.89 Å². The van der Waals surface area contributed by atoms with Gasteiger partial charge in [0.25, 0.3) is 5.91 Å².